The SMILES string of the molecule is O=[N+]([O-])c1ncc(-c2ccn(C3CCNCC3)n2)cc1F. The van der Waals surface area contributed by atoms with Crippen LogP contribution in [0.25, 0.3) is 11.3 Å². The van der Waals surface area contributed by atoms with Gasteiger partial charge in [-0.3, -0.25) is 4.68 Å². The van der Waals surface area contributed by atoms with Crippen molar-refractivity contribution in [1.29, 1.82) is 0 Å². The van der Waals surface area contributed by atoms with Crippen molar-refractivity contribution >= 4 is 5.82 Å². The number of nitrogens with one attached hydrogen (secondary N) is 1. The van der Waals surface area contributed by atoms with Gasteiger partial charge in [0.2, 0.25) is 5.82 Å². The number of hydrogen-bond donors (Lipinski definition) is 1. The molecule has 0 bridgehead atoms. The summed E-state index contributed by atoms with van der Waals surface area (Å²) >= 11 is 0. The fourth-order valence-corrected chi connectivity index (χ4v) is 2.47. The highest BCUT2D eigenvalue weighted by atomic mass is 19.1. The molecular weight excluding hydrogens is 277 g/mol. The van der Waals surface area contributed by atoms with Crippen LogP contribution in [0.1, 0.15) is 18.9 Å². The molecular formula is C13H14FN5O2. The van der Waals surface area contributed by atoms with Crippen molar-refractivity contribution in [2.24, 2.45) is 0 Å². The van der Waals surface area contributed by atoms with Crippen LogP contribution in [0.2, 0.25) is 0 Å². The van der Waals surface area contributed by atoms with Crippen LogP contribution in [0.15, 0.2) is 24.5 Å². The first kappa shape index (κ1) is 13.6. The standard InChI is InChI=1S/C13H14FN5O2/c14-11-7-9(8-16-13(11)19(20)21)12-3-6-18(17-12)10-1-4-15-5-2-10/h3,6-8,10,15H,1-2,4-5H2. The highest BCUT2D eigenvalue weighted by molar-refractivity contribution is 5.58. The first-order valence-electron chi connectivity index (χ1n) is 6.71. The van der Waals surface area contributed by atoms with Gasteiger partial charge in [-0.1, -0.05) is 0 Å². The molecule has 7 nitrogen and oxygen atoms in total. The number of halogens is 1. The number of piperidine rings is 1. The molecule has 21 heavy (non-hydrogen) atoms. The Morgan fingerprint density at radius 2 is 2.19 bits per heavy atom. The molecule has 110 valence electrons. The maximum absolute atomic E-state index is 13.6. The summed E-state index contributed by atoms with van der Waals surface area (Å²) in [5.74, 6) is -1.72. The van der Waals surface area contributed by atoms with Crippen LogP contribution >= 0.6 is 0 Å². The molecule has 1 fully saturated rings. The van der Waals surface area contributed by atoms with Crippen molar-refractivity contribution in [2.75, 3.05) is 13.1 Å². The Morgan fingerprint density at radius 1 is 1.43 bits per heavy atom. The zero-order chi connectivity index (χ0) is 14.8. The largest absolute Gasteiger partial charge is 0.399 e. The minimum absolute atomic E-state index is 0.329. The van der Waals surface area contributed by atoms with E-state index < -0.39 is 16.6 Å². The van der Waals surface area contributed by atoms with E-state index in [9.17, 15) is 14.5 Å². The Hall–Kier alpha value is -2.35. The lowest BCUT2D eigenvalue weighted by atomic mass is 10.1. The maximum Gasteiger partial charge on any atom is 0.399 e. The molecule has 0 atom stereocenters. The molecule has 1 N–H and O–H groups in total. The Bertz CT molecular complexity index is 666. The molecule has 2 aromatic rings. The lowest BCUT2D eigenvalue weighted by Gasteiger charge is -2.22. The average Bonchev–Trinajstić information content (AvgIpc) is 2.97. The molecule has 1 aliphatic rings. The first-order valence-corrected chi connectivity index (χ1v) is 6.71. The molecule has 0 unspecified atom stereocenters. The van der Waals surface area contributed by atoms with Gasteiger partial charge in [0.15, 0.2) is 0 Å². The second-order valence-corrected chi connectivity index (χ2v) is 4.95. The predicted molar refractivity (Wildman–Crippen MR) is 73.2 cm³/mol. The van der Waals surface area contributed by atoms with E-state index in [-0.39, 0.29) is 0 Å². The molecule has 0 amide bonds. The van der Waals surface area contributed by atoms with Crippen molar-refractivity contribution < 1.29 is 9.31 Å². The Labute approximate surface area is 120 Å². The minimum Gasteiger partial charge on any atom is -0.358 e. The molecule has 0 saturated carbocycles. The monoisotopic (exact) mass is 291 g/mol. The van der Waals surface area contributed by atoms with Gasteiger partial charge in [-0.2, -0.15) is 9.49 Å². The van der Waals surface area contributed by atoms with E-state index in [4.69, 9.17) is 0 Å². The van der Waals surface area contributed by atoms with Gasteiger partial charge in [-0.15, -0.1) is 0 Å². The van der Waals surface area contributed by atoms with Crippen LogP contribution in [-0.4, -0.2) is 32.8 Å². The van der Waals surface area contributed by atoms with Crippen molar-refractivity contribution in [3.05, 3.63) is 40.5 Å². The van der Waals surface area contributed by atoms with E-state index in [0.717, 1.165) is 32.0 Å². The van der Waals surface area contributed by atoms with E-state index in [1.165, 1.54) is 6.20 Å². The van der Waals surface area contributed by atoms with E-state index in [2.05, 4.69) is 15.4 Å². The van der Waals surface area contributed by atoms with Crippen LogP contribution < -0.4 is 5.32 Å². The highest BCUT2D eigenvalue weighted by Gasteiger charge is 2.19. The zero-order valence-corrected chi connectivity index (χ0v) is 11.2. The molecule has 3 rings (SSSR count). The fourth-order valence-electron chi connectivity index (χ4n) is 2.47. The van der Waals surface area contributed by atoms with Gasteiger partial charge in [-0.25, -0.2) is 0 Å². The molecule has 1 saturated heterocycles. The number of rotatable bonds is 3. The second kappa shape index (κ2) is 5.57. The Kier molecular flexibility index (Phi) is 3.61. The lowest BCUT2D eigenvalue weighted by molar-refractivity contribution is -0.392. The lowest BCUT2D eigenvalue weighted by Crippen LogP contribution is -2.29. The normalized spacial score (nSPS) is 16.0. The molecule has 0 aliphatic carbocycles. The van der Waals surface area contributed by atoms with Gasteiger partial charge in [0.25, 0.3) is 0 Å². The first-order chi connectivity index (χ1) is 10.1. The van der Waals surface area contributed by atoms with E-state index in [1.54, 1.807) is 6.07 Å². The number of nitrogens with zero attached hydrogens (tertiary/aromatic N) is 4. The number of aromatic nitrogens is 3. The Morgan fingerprint density at radius 3 is 2.86 bits per heavy atom. The van der Waals surface area contributed by atoms with Crippen molar-refractivity contribution in [1.82, 2.24) is 20.1 Å². The molecule has 0 spiro atoms. The van der Waals surface area contributed by atoms with Gasteiger partial charge in [0.05, 0.1) is 11.7 Å². The third-order valence-corrected chi connectivity index (χ3v) is 3.58. The van der Waals surface area contributed by atoms with Crippen LogP contribution in [0.5, 0.6) is 0 Å². The maximum atomic E-state index is 13.6. The minimum atomic E-state index is -0.950. The summed E-state index contributed by atoms with van der Waals surface area (Å²) in [5, 5.41) is 18.3. The third-order valence-electron chi connectivity index (χ3n) is 3.58. The van der Waals surface area contributed by atoms with Gasteiger partial charge >= 0.3 is 5.82 Å². The molecule has 3 heterocycles. The van der Waals surface area contributed by atoms with E-state index in [1.807, 2.05) is 10.9 Å². The predicted octanol–water partition coefficient (Wildman–Crippen LogP) is 1.92. The topological polar surface area (TPSA) is 85.9 Å². The summed E-state index contributed by atoms with van der Waals surface area (Å²) in [6.45, 7) is 1.90. The van der Waals surface area contributed by atoms with Gasteiger partial charge in [0.1, 0.15) is 6.20 Å². The fraction of sp³-hybridized carbons (Fsp3) is 0.385. The summed E-state index contributed by atoms with van der Waals surface area (Å²) in [4.78, 5) is 13.3. The number of nitro groups is 1. The van der Waals surface area contributed by atoms with Gasteiger partial charge in [-0.05, 0) is 48.0 Å². The molecule has 8 heteroatoms. The van der Waals surface area contributed by atoms with Gasteiger partial charge < -0.3 is 15.4 Å². The van der Waals surface area contributed by atoms with Crippen LogP contribution in [0.4, 0.5) is 10.2 Å². The smallest absolute Gasteiger partial charge is 0.358 e. The summed E-state index contributed by atoms with van der Waals surface area (Å²) < 4.78 is 15.5. The van der Waals surface area contributed by atoms with Crippen LogP contribution in [0, 0.1) is 15.9 Å². The average molecular weight is 291 g/mol. The molecule has 1 aliphatic heterocycles. The second-order valence-electron chi connectivity index (χ2n) is 4.95. The van der Waals surface area contributed by atoms with Crippen molar-refractivity contribution in [3.63, 3.8) is 0 Å². The Balaban J connectivity index is 1.85. The zero-order valence-electron chi connectivity index (χ0n) is 11.2. The number of pyridine rings is 1. The van der Waals surface area contributed by atoms with E-state index in [0.29, 0.717) is 17.3 Å². The van der Waals surface area contributed by atoms with Gasteiger partial charge in [0, 0.05) is 11.8 Å². The molecule has 0 aromatic carbocycles. The third kappa shape index (κ3) is 2.75. The van der Waals surface area contributed by atoms with Crippen molar-refractivity contribution in [3.8, 4) is 11.3 Å². The number of hydrogen-bond acceptors (Lipinski definition) is 5. The summed E-state index contributed by atoms with van der Waals surface area (Å²) in [6, 6.07) is 3.20. The summed E-state index contributed by atoms with van der Waals surface area (Å²) in [5.41, 5.74) is 1.00. The highest BCUT2D eigenvalue weighted by Crippen LogP contribution is 2.24. The van der Waals surface area contributed by atoms with Crippen LogP contribution in [-0.2, 0) is 0 Å². The van der Waals surface area contributed by atoms with E-state index >= 15 is 0 Å². The molecule has 2 aromatic heterocycles. The van der Waals surface area contributed by atoms with Crippen LogP contribution in [0.3, 0.4) is 0 Å². The molecule has 0 radical (unpaired) electrons. The summed E-state index contributed by atoms with van der Waals surface area (Å²) in [7, 11) is 0. The van der Waals surface area contributed by atoms with Crippen molar-refractivity contribution in [2.45, 2.75) is 18.9 Å². The quantitative estimate of drug-likeness (QED) is 0.689. The summed E-state index contributed by atoms with van der Waals surface area (Å²) in [6.07, 6.45) is 5.11.